The molecule has 2 heteroatoms. The molecule has 0 atom stereocenters. The van der Waals surface area contributed by atoms with Crippen molar-refractivity contribution in [2.45, 2.75) is 0 Å². The van der Waals surface area contributed by atoms with E-state index in [1.807, 2.05) is 0 Å². The van der Waals surface area contributed by atoms with E-state index in [1.165, 1.54) is 27.2 Å². The highest BCUT2D eigenvalue weighted by molar-refractivity contribution is 5.99. The van der Waals surface area contributed by atoms with E-state index < -0.39 is 0 Å². The molecule has 1 aliphatic heterocycles. The Labute approximate surface area is 118 Å². The van der Waals surface area contributed by atoms with E-state index in [9.17, 15) is 0 Å². The third-order valence-corrected chi connectivity index (χ3v) is 3.95. The molecule has 1 saturated heterocycles. The number of nitrogens with zero attached hydrogens (tertiary/aromatic N) is 1. The Morgan fingerprint density at radius 2 is 1.60 bits per heavy atom. The zero-order valence-corrected chi connectivity index (χ0v) is 11.3. The zero-order chi connectivity index (χ0) is 13.4. The van der Waals surface area contributed by atoms with Gasteiger partial charge in [0.15, 0.2) is 0 Å². The number of hydrogen-bond donors (Lipinski definition) is 0. The second-order valence-corrected chi connectivity index (χ2v) is 5.23. The summed E-state index contributed by atoms with van der Waals surface area (Å²) in [6.45, 7) is 3.53. The molecule has 1 fully saturated rings. The minimum Gasteiger partial charge on any atom is -0.378 e. The summed E-state index contributed by atoms with van der Waals surface area (Å²) >= 11 is 0. The SMILES string of the molecule is [c]1c(N2CCOCC2)ccc2cc3ccccc3cc12. The predicted molar refractivity (Wildman–Crippen MR) is 83.3 cm³/mol. The predicted octanol–water partition coefficient (Wildman–Crippen LogP) is 3.63. The molecule has 3 aromatic rings. The zero-order valence-electron chi connectivity index (χ0n) is 11.3. The first-order valence-electron chi connectivity index (χ1n) is 7.08. The number of ether oxygens (including phenoxy) is 1. The van der Waals surface area contributed by atoms with Gasteiger partial charge in [0.25, 0.3) is 0 Å². The molecule has 1 radical (unpaired) electrons. The summed E-state index contributed by atoms with van der Waals surface area (Å²) in [6, 6.07) is 20.9. The Morgan fingerprint density at radius 1 is 0.850 bits per heavy atom. The molecule has 0 aliphatic carbocycles. The van der Waals surface area contributed by atoms with E-state index in [0.29, 0.717) is 0 Å². The Kier molecular flexibility index (Phi) is 2.82. The van der Waals surface area contributed by atoms with Gasteiger partial charge in [-0.05, 0) is 39.7 Å². The van der Waals surface area contributed by atoms with Crippen LogP contribution in [0.15, 0.2) is 48.5 Å². The highest BCUT2D eigenvalue weighted by atomic mass is 16.5. The van der Waals surface area contributed by atoms with Gasteiger partial charge in [-0.15, -0.1) is 0 Å². The standard InChI is InChI=1S/C18H16NO/c1-2-4-15-12-17-13-18(19-7-9-20-10-8-19)6-5-16(17)11-14(15)3-1/h1-6,11-12H,7-10H2. The fourth-order valence-electron chi connectivity index (χ4n) is 2.84. The van der Waals surface area contributed by atoms with E-state index in [4.69, 9.17) is 4.74 Å². The van der Waals surface area contributed by atoms with Crippen LogP contribution in [-0.2, 0) is 4.74 Å². The van der Waals surface area contributed by atoms with Crippen molar-refractivity contribution in [3.8, 4) is 0 Å². The molecule has 3 aromatic carbocycles. The van der Waals surface area contributed by atoms with Gasteiger partial charge in [0.2, 0.25) is 0 Å². The topological polar surface area (TPSA) is 12.5 Å². The second-order valence-electron chi connectivity index (χ2n) is 5.23. The number of fused-ring (bicyclic) bond motifs is 2. The highest BCUT2D eigenvalue weighted by Gasteiger charge is 2.11. The number of rotatable bonds is 1. The summed E-state index contributed by atoms with van der Waals surface area (Å²) in [5.74, 6) is 0. The lowest BCUT2D eigenvalue weighted by Gasteiger charge is -2.28. The fourth-order valence-corrected chi connectivity index (χ4v) is 2.84. The lowest BCUT2D eigenvalue weighted by Crippen LogP contribution is -2.36. The van der Waals surface area contributed by atoms with Crippen molar-refractivity contribution in [2.24, 2.45) is 0 Å². The maximum absolute atomic E-state index is 5.41. The highest BCUT2D eigenvalue weighted by Crippen LogP contribution is 2.26. The van der Waals surface area contributed by atoms with Gasteiger partial charge < -0.3 is 9.64 Å². The van der Waals surface area contributed by atoms with Crippen molar-refractivity contribution >= 4 is 27.2 Å². The summed E-state index contributed by atoms with van der Waals surface area (Å²) in [5.41, 5.74) is 1.18. The minimum atomic E-state index is 0.809. The molecule has 0 aromatic heterocycles. The van der Waals surface area contributed by atoms with Gasteiger partial charge in [-0.2, -0.15) is 0 Å². The van der Waals surface area contributed by atoms with Crippen LogP contribution in [0.4, 0.5) is 5.69 Å². The molecule has 99 valence electrons. The first kappa shape index (κ1) is 11.7. The summed E-state index contributed by atoms with van der Waals surface area (Å²) in [7, 11) is 0. The third kappa shape index (κ3) is 2.02. The minimum absolute atomic E-state index is 0.809. The van der Waals surface area contributed by atoms with Crippen LogP contribution in [0.3, 0.4) is 0 Å². The fraction of sp³-hybridized carbons (Fsp3) is 0.222. The van der Waals surface area contributed by atoms with Crippen molar-refractivity contribution < 1.29 is 4.74 Å². The van der Waals surface area contributed by atoms with Gasteiger partial charge in [-0.1, -0.05) is 30.3 Å². The van der Waals surface area contributed by atoms with E-state index in [0.717, 1.165) is 26.3 Å². The molecule has 0 bridgehead atoms. The van der Waals surface area contributed by atoms with Crippen LogP contribution >= 0.6 is 0 Å². The monoisotopic (exact) mass is 262 g/mol. The maximum atomic E-state index is 5.41. The lowest BCUT2D eigenvalue weighted by molar-refractivity contribution is 0.122. The van der Waals surface area contributed by atoms with E-state index in [2.05, 4.69) is 59.5 Å². The molecule has 0 N–H and O–H groups in total. The summed E-state index contributed by atoms with van der Waals surface area (Å²) < 4.78 is 5.41. The normalized spacial score (nSPS) is 15.9. The number of benzene rings is 3. The van der Waals surface area contributed by atoms with Gasteiger partial charge in [-0.3, -0.25) is 0 Å². The Bertz CT molecular complexity index is 760. The average Bonchev–Trinajstić information content (AvgIpc) is 2.53. The van der Waals surface area contributed by atoms with Crippen molar-refractivity contribution in [2.75, 3.05) is 31.2 Å². The smallest absolute Gasteiger partial charge is 0.0642 e. The molecular formula is C18H16NO. The summed E-state index contributed by atoms with van der Waals surface area (Å²) in [5, 5.41) is 5.00. The maximum Gasteiger partial charge on any atom is 0.0642 e. The molecule has 0 unspecified atom stereocenters. The molecular weight excluding hydrogens is 246 g/mol. The molecule has 4 rings (SSSR count). The van der Waals surface area contributed by atoms with Crippen molar-refractivity contribution in [1.82, 2.24) is 0 Å². The lowest BCUT2D eigenvalue weighted by atomic mass is 10.0. The largest absolute Gasteiger partial charge is 0.378 e. The molecule has 1 aliphatic rings. The molecule has 2 nitrogen and oxygen atoms in total. The first-order chi connectivity index (χ1) is 9.90. The number of morpholine rings is 1. The summed E-state index contributed by atoms with van der Waals surface area (Å²) in [4.78, 5) is 2.35. The molecule has 20 heavy (non-hydrogen) atoms. The van der Waals surface area contributed by atoms with Crippen LogP contribution in [-0.4, -0.2) is 26.3 Å². The number of hydrogen-bond acceptors (Lipinski definition) is 2. The Hall–Kier alpha value is -2.06. The van der Waals surface area contributed by atoms with Gasteiger partial charge in [0, 0.05) is 24.8 Å². The van der Waals surface area contributed by atoms with E-state index in [1.54, 1.807) is 0 Å². The average molecular weight is 262 g/mol. The summed E-state index contributed by atoms with van der Waals surface area (Å²) in [6.07, 6.45) is 0. The Balaban J connectivity index is 1.83. The first-order valence-corrected chi connectivity index (χ1v) is 7.08. The van der Waals surface area contributed by atoms with Crippen LogP contribution in [0.5, 0.6) is 0 Å². The van der Waals surface area contributed by atoms with Crippen LogP contribution < -0.4 is 4.90 Å². The van der Waals surface area contributed by atoms with Gasteiger partial charge in [0.05, 0.1) is 13.2 Å². The van der Waals surface area contributed by atoms with Crippen LogP contribution in [0.25, 0.3) is 21.5 Å². The third-order valence-electron chi connectivity index (χ3n) is 3.95. The number of anilines is 1. The quantitative estimate of drug-likeness (QED) is 0.621. The van der Waals surface area contributed by atoms with Gasteiger partial charge in [-0.25, -0.2) is 0 Å². The van der Waals surface area contributed by atoms with E-state index in [-0.39, 0.29) is 0 Å². The van der Waals surface area contributed by atoms with Crippen LogP contribution in [0, 0.1) is 6.07 Å². The van der Waals surface area contributed by atoms with Crippen molar-refractivity contribution in [3.05, 3.63) is 54.6 Å². The molecule has 0 spiro atoms. The molecule has 0 amide bonds. The van der Waals surface area contributed by atoms with E-state index >= 15 is 0 Å². The Morgan fingerprint density at radius 3 is 2.40 bits per heavy atom. The molecule has 0 saturated carbocycles. The van der Waals surface area contributed by atoms with Crippen molar-refractivity contribution in [1.29, 1.82) is 0 Å². The van der Waals surface area contributed by atoms with Crippen molar-refractivity contribution in [3.63, 3.8) is 0 Å². The van der Waals surface area contributed by atoms with Crippen LogP contribution in [0.1, 0.15) is 0 Å². The second kappa shape index (κ2) is 4.80. The van der Waals surface area contributed by atoms with Crippen LogP contribution in [0.2, 0.25) is 0 Å². The molecule has 1 heterocycles. The van der Waals surface area contributed by atoms with Gasteiger partial charge >= 0.3 is 0 Å². The van der Waals surface area contributed by atoms with Gasteiger partial charge in [0.1, 0.15) is 0 Å².